The van der Waals surface area contributed by atoms with Crippen molar-refractivity contribution in [2.75, 3.05) is 0 Å². The Morgan fingerprint density at radius 1 is 1.27 bits per heavy atom. The molecule has 0 aliphatic heterocycles. The van der Waals surface area contributed by atoms with Crippen molar-refractivity contribution in [1.29, 1.82) is 0 Å². The summed E-state index contributed by atoms with van der Waals surface area (Å²) in [7, 11) is 0. The zero-order valence-corrected chi connectivity index (χ0v) is 8.87. The Morgan fingerprint density at radius 2 is 2.07 bits per heavy atom. The maximum atomic E-state index is 9.70. The van der Waals surface area contributed by atoms with Gasteiger partial charge >= 0.3 is 0 Å². The van der Waals surface area contributed by atoms with Crippen molar-refractivity contribution in [3.8, 4) is 0 Å². The smallest absolute Gasteiger partial charge is 0.0917 e. The van der Waals surface area contributed by atoms with E-state index in [-0.39, 0.29) is 6.04 Å². The molecule has 76 valence electrons. The first-order chi connectivity index (χ1) is 7.27. The van der Waals surface area contributed by atoms with Gasteiger partial charge in [0.2, 0.25) is 0 Å². The largest absolute Gasteiger partial charge is 0.387 e. The molecule has 0 fully saturated rings. The van der Waals surface area contributed by atoms with Gasteiger partial charge in [-0.3, -0.25) is 0 Å². The zero-order valence-electron chi connectivity index (χ0n) is 8.05. The van der Waals surface area contributed by atoms with E-state index in [1.54, 1.807) is 17.4 Å². The van der Waals surface area contributed by atoms with Crippen LogP contribution in [0.3, 0.4) is 0 Å². The summed E-state index contributed by atoms with van der Waals surface area (Å²) in [6.07, 6.45) is 3.17. The number of benzene rings is 1. The Balaban J connectivity index is 2.35. The number of hydrogen-bond donors (Lipinski definition) is 2. The molecular weight excluding hydrogens is 206 g/mol. The minimum Gasteiger partial charge on any atom is -0.387 e. The van der Waals surface area contributed by atoms with E-state index in [0.29, 0.717) is 0 Å². The van der Waals surface area contributed by atoms with Crippen LogP contribution in [-0.2, 0) is 0 Å². The molecule has 3 N–H and O–H groups in total. The summed E-state index contributed by atoms with van der Waals surface area (Å²) in [4.78, 5) is 1.18. The van der Waals surface area contributed by atoms with Crippen LogP contribution in [0, 0.1) is 0 Å². The average Bonchev–Trinajstić information content (AvgIpc) is 2.62. The third-order valence-electron chi connectivity index (χ3n) is 2.81. The highest BCUT2D eigenvalue weighted by Crippen LogP contribution is 2.39. The summed E-state index contributed by atoms with van der Waals surface area (Å²) in [5.74, 6) is 0. The van der Waals surface area contributed by atoms with Crippen molar-refractivity contribution in [1.82, 2.24) is 0 Å². The summed E-state index contributed by atoms with van der Waals surface area (Å²) >= 11 is 1.73. The van der Waals surface area contributed by atoms with Crippen molar-refractivity contribution in [2.24, 2.45) is 5.73 Å². The first kappa shape index (κ1) is 9.09. The fourth-order valence-electron chi connectivity index (χ4n) is 2.03. The van der Waals surface area contributed by atoms with E-state index >= 15 is 0 Å². The molecule has 0 bridgehead atoms. The normalized spacial score (nSPS) is 24.4. The third-order valence-corrected chi connectivity index (χ3v) is 3.96. The molecule has 2 atom stereocenters. The summed E-state index contributed by atoms with van der Waals surface area (Å²) in [5.41, 5.74) is 7.09. The van der Waals surface area contributed by atoms with Crippen LogP contribution in [0.25, 0.3) is 16.2 Å². The van der Waals surface area contributed by atoms with E-state index in [0.717, 1.165) is 5.56 Å². The average molecular weight is 217 g/mol. The van der Waals surface area contributed by atoms with E-state index in [1.165, 1.54) is 15.0 Å². The minimum atomic E-state index is -0.560. The lowest BCUT2D eigenvalue weighted by atomic mass is 9.94. The quantitative estimate of drug-likeness (QED) is 0.711. The summed E-state index contributed by atoms with van der Waals surface area (Å²) in [5, 5.41) is 10.9. The van der Waals surface area contributed by atoms with Crippen LogP contribution in [0.5, 0.6) is 0 Å². The molecule has 1 aliphatic carbocycles. The van der Waals surface area contributed by atoms with E-state index in [4.69, 9.17) is 5.73 Å². The first-order valence-corrected chi connectivity index (χ1v) is 5.72. The molecule has 0 saturated heterocycles. The van der Waals surface area contributed by atoms with Crippen molar-refractivity contribution in [3.63, 3.8) is 0 Å². The molecule has 1 aromatic heterocycles. The second-order valence-corrected chi connectivity index (χ2v) is 4.84. The van der Waals surface area contributed by atoms with Gasteiger partial charge in [0.1, 0.15) is 0 Å². The number of aliphatic hydroxyl groups is 1. The molecule has 0 spiro atoms. The summed E-state index contributed by atoms with van der Waals surface area (Å²) in [6, 6.07) is 7.89. The molecule has 0 amide bonds. The number of thiophene rings is 1. The van der Waals surface area contributed by atoms with Gasteiger partial charge < -0.3 is 10.8 Å². The van der Waals surface area contributed by atoms with Gasteiger partial charge in [0, 0.05) is 9.58 Å². The lowest BCUT2D eigenvalue weighted by molar-refractivity contribution is 0.192. The Kier molecular flexibility index (Phi) is 1.92. The van der Waals surface area contributed by atoms with Gasteiger partial charge in [-0.2, -0.15) is 0 Å². The van der Waals surface area contributed by atoms with Gasteiger partial charge in [-0.25, -0.2) is 0 Å². The summed E-state index contributed by atoms with van der Waals surface area (Å²) < 4.78 is 1.23. The number of fused-ring (bicyclic) bond motifs is 3. The topological polar surface area (TPSA) is 46.2 Å². The third kappa shape index (κ3) is 1.24. The van der Waals surface area contributed by atoms with Crippen molar-refractivity contribution in [3.05, 3.63) is 40.8 Å². The molecule has 0 saturated carbocycles. The number of hydrogen-bond acceptors (Lipinski definition) is 3. The Bertz CT molecular complexity index is 544. The monoisotopic (exact) mass is 217 g/mol. The Morgan fingerprint density at radius 3 is 2.93 bits per heavy atom. The molecule has 15 heavy (non-hydrogen) atoms. The number of rotatable bonds is 0. The fourth-order valence-corrected chi connectivity index (χ4v) is 3.20. The van der Waals surface area contributed by atoms with Crippen LogP contribution < -0.4 is 5.73 Å². The van der Waals surface area contributed by atoms with Gasteiger partial charge in [-0.05, 0) is 23.1 Å². The van der Waals surface area contributed by atoms with Crippen LogP contribution in [0.1, 0.15) is 16.5 Å². The minimum absolute atomic E-state index is 0.291. The lowest BCUT2D eigenvalue weighted by Gasteiger charge is -2.20. The van der Waals surface area contributed by atoms with Crippen LogP contribution >= 0.6 is 11.3 Å². The van der Waals surface area contributed by atoms with E-state index in [2.05, 4.69) is 12.1 Å². The second-order valence-electron chi connectivity index (χ2n) is 3.75. The predicted molar refractivity (Wildman–Crippen MR) is 63.8 cm³/mol. The molecule has 3 rings (SSSR count). The molecular formula is C12H11NOS. The lowest BCUT2D eigenvalue weighted by Crippen LogP contribution is -2.26. The van der Waals surface area contributed by atoms with Gasteiger partial charge in [-0.1, -0.05) is 24.3 Å². The van der Waals surface area contributed by atoms with E-state index in [1.807, 2.05) is 18.2 Å². The summed E-state index contributed by atoms with van der Waals surface area (Å²) in [6.45, 7) is 0. The standard InChI is InChI=1S/C12H11NOS/c13-12-8(14)5-6-10-11(12)7-3-1-2-4-9(7)15-10/h1-6,8,12,14H,13H2/t8-,12-/m1/s1. The second kappa shape index (κ2) is 3.17. The predicted octanol–water partition coefficient (Wildman–Crippen LogP) is 2.29. The van der Waals surface area contributed by atoms with Crippen molar-refractivity contribution < 1.29 is 5.11 Å². The van der Waals surface area contributed by atoms with Gasteiger partial charge in [0.15, 0.2) is 0 Å². The SMILES string of the molecule is N[C@H]1c2c(sc3ccccc23)C=C[C@H]1O. The van der Waals surface area contributed by atoms with Gasteiger partial charge in [-0.15, -0.1) is 11.3 Å². The molecule has 1 heterocycles. The first-order valence-electron chi connectivity index (χ1n) is 4.90. The highest BCUT2D eigenvalue weighted by Gasteiger charge is 2.24. The molecule has 1 aromatic carbocycles. The Hall–Kier alpha value is -1.16. The maximum absolute atomic E-state index is 9.70. The zero-order chi connectivity index (χ0) is 10.4. The van der Waals surface area contributed by atoms with Crippen molar-refractivity contribution >= 4 is 27.5 Å². The molecule has 2 nitrogen and oxygen atoms in total. The molecule has 0 radical (unpaired) electrons. The fraction of sp³-hybridized carbons (Fsp3) is 0.167. The van der Waals surface area contributed by atoms with Crippen LogP contribution in [-0.4, -0.2) is 11.2 Å². The molecule has 1 aliphatic rings. The Labute approximate surface area is 91.7 Å². The van der Waals surface area contributed by atoms with E-state index in [9.17, 15) is 5.11 Å². The molecule has 3 heteroatoms. The van der Waals surface area contributed by atoms with Gasteiger partial charge in [0.05, 0.1) is 12.1 Å². The van der Waals surface area contributed by atoms with Crippen molar-refractivity contribution in [2.45, 2.75) is 12.1 Å². The van der Waals surface area contributed by atoms with Gasteiger partial charge in [0.25, 0.3) is 0 Å². The number of aliphatic hydroxyl groups excluding tert-OH is 1. The number of nitrogens with two attached hydrogens (primary N) is 1. The highest BCUT2D eigenvalue weighted by atomic mass is 32.1. The van der Waals surface area contributed by atoms with Crippen LogP contribution in [0.15, 0.2) is 30.3 Å². The molecule has 2 aromatic rings. The highest BCUT2D eigenvalue weighted by molar-refractivity contribution is 7.20. The van der Waals surface area contributed by atoms with Crippen LogP contribution in [0.2, 0.25) is 0 Å². The maximum Gasteiger partial charge on any atom is 0.0917 e. The van der Waals surface area contributed by atoms with E-state index < -0.39 is 6.10 Å². The van der Waals surface area contributed by atoms with Crippen LogP contribution in [0.4, 0.5) is 0 Å². The molecule has 0 unspecified atom stereocenters.